The van der Waals surface area contributed by atoms with Crippen LogP contribution in [-0.4, -0.2) is 20.4 Å². The Morgan fingerprint density at radius 2 is 1.71 bits per heavy atom. The van der Waals surface area contributed by atoms with Gasteiger partial charge in [-0.15, -0.1) is 0 Å². The van der Waals surface area contributed by atoms with E-state index in [1.807, 2.05) is 0 Å². The van der Waals surface area contributed by atoms with Gasteiger partial charge < -0.3 is 10.6 Å². The summed E-state index contributed by atoms with van der Waals surface area (Å²) in [6, 6.07) is 9.49. The van der Waals surface area contributed by atoms with Gasteiger partial charge in [-0.25, -0.2) is 17.9 Å². The Morgan fingerprint density at radius 3 is 2.25 bits per heavy atom. The van der Waals surface area contributed by atoms with E-state index in [-0.39, 0.29) is 16.6 Å². The number of carbonyl (C=O) groups excluding carboxylic acids is 1. The van der Waals surface area contributed by atoms with Gasteiger partial charge in [0.2, 0.25) is 15.9 Å². The molecule has 0 bridgehead atoms. The summed E-state index contributed by atoms with van der Waals surface area (Å²) in [4.78, 5) is 12.1. The van der Waals surface area contributed by atoms with Crippen molar-refractivity contribution in [2.45, 2.75) is 24.8 Å². The van der Waals surface area contributed by atoms with Crippen LogP contribution in [0.3, 0.4) is 0 Å². The summed E-state index contributed by atoms with van der Waals surface area (Å²) < 4.78 is 35.9. The number of rotatable bonds is 5. The number of hydrogen-bond donors (Lipinski definition) is 3. The van der Waals surface area contributed by atoms with E-state index in [4.69, 9.17) is 5.14 Å². The van der Waals surface area contributed by atoms with E-state index in [2.05, 4.69) is 10.6 Å². The fraction of sp³-hybridized carbons (Fsp3) is 0.188. The molecule has 2 rings (SSSR count). The molecule has 0 spiro atoms. The molecular formula is C16H18FN3O3S. The molecule has 128 valence electrons. The largest absolute Gasteiger partial charge is 0.374 e. The van der Waals surface area contributed by atoms with Crippen LogP contribution in [0.5, 0.6) is 0 Å². The fourth-order valence-corrected chi connectivity index (χ4v) is 2.49. The Kier molecular flexibility index (Phi) is 5.20. The molecule has 6 nitrogen and oxygen atoms in total. The Labute approximate surface area is 139 Å². The maximum absolute atomic E-state index is 13.5. The maximum Gasteiger partial charge on any atom is 0.246 e. The first-order valence-electron chi connectivity index (χ1n) is 7.13. The minimum Gasteiger partial charge on any atom is -0.374 e. The van der Waals surface area contributed by atoms with E-state index in [0.29, 0.717) is 16.9 Å². The number of aryl methyl sites for hydroxylation is 1. The molecule has 0 heterocycles. The third kappa shape index (κ3) is 4.53. The Hall–Kier alpha value is -2.45. The molecule has 8 heteroatoms. The molecule has 2 aromatic carbocycles. The van der Waals surface area contributed by atoms with Crippen LogP contribution in [0.2, 0.25) is 0 Å². The molecule has 0 radical (unpaired) electrons. The van der Waals surface area contributed by atoms with E-state index in [1.54, 1.807) is 26.0 Å². The van der Waals surface area contributed by atoms with Crippen LogP contribution in [0.4, 0.5) is 15.8 Å². The van der Waals surface area contributed by atoms with Crippen molar-refractivity contribution in [3.05, 3.63) is 53.8 Å². The Morgan fingerprint density at radius 1 is 1.12 bits per heavy atom. The standard InChI is InChI=1S/C16H18FN3O3S/c1-10-3-4-13(9-15(10)17)19-11(2)16(21)20-12-5-7-14(8-6-12)24(18,22)23/h3-9,11,19H,1-2H3,(H,20,21)(H2,18,22,23). The van der Waals surface area contributed by atoms with Gasteiger partial charge in [0.15, 0.2) is 0 Å². The van der Waals surface area contributed by atoms with Crippen LogP contribution >= 0.6 is 0 Å². The highest BCUT2D eigenvalue weighted by atomic mass is 32.2. The molecule has 0 saturated carbocycles. The number of anilines is 2. The van der Waals surface area contributed by atoms with Gasteiger partial charge in [0.05, 0.1) is 4.90 Å². The number of hydrogen-bond acceptors (Lipinski definition) is 4. The van der Waals surface area contributed by atoms with Crippen LogP contribution in [0, 0.1) is 12.7 Å². The van der Waals surface area contributed by atoms with E-state index in [9.17, 15) is 17.6 Å². The Balaban J connectivity index is 2.02. The van der Waals surface area contributed by atoms with E-state index in [1.165, 1.54) is 30.3 Å². The zero-order valence-electron chi connectivity index (χ0n) is 13.2. The van der Waals surface area contributed by atoms with E-state index < -0.39 is 16.1 Å². The number of primary sulfonamides is 1. The van der Waals surface area contributed by atoms with Crippen LogP contribution < -0.4 is 15.8 Å². The molecule has 0 aliphatic carbocycles. The van der Waals surface area contributed by atoms with Crippen LogP contribution in [0.15, 0.2) is 47.4 Å². The monoisotopic (exact) mass is 351 g/mol. The van der Waals surface area contributed by atoms with Gasteiger partial charge in [-0.1, -0.05) is 6.07 Å². The number of nitrogens with two attached hydrogens (primary N) is 1. The average Bonchev–Trinajstić information content (AvgIpc) is 2.50. The van der Waals surface area contributed by atoms with Gasteiger partial charge in [0.25, 0.3) is 0 Å². The van der Waals surface area contributed by atoms with Gasteiger partial charge in [-0.3, -0.25) is 4.79 Å². The van der Waals surface area contributed by atoms with Gasteiger partial charge in [0.1, 0.15) is 11.9 Å². The van der Waals surface area contributed by atoms with Gasteiger partial charge in [0, 0.05) is 11.4 Å². The summed E-state index contributed by atoms with van der Waals surface area (Å²) in [5, 5.41) is 10.5. The predicted octanol–water partition coefficient (Wildman–Crippen LogP) is 2.22. The zero-order valence-corrected chi connectivity index (χ0v) is 14.0. The molecule has 1 atom stereocenters. The summed E-state index contributed by atoms with van der Waals surface area (Å²) in [7, 11) is -3.77. The number of halogens is 1. The maximum atomic E-state index is 13.5. The molecule has 0 fully saturated rings. The highest BCUT2D eigenvalue weighted by molar-refractivity contribution is 7.89. The summed E-state index contributed by atoms with van der Waals surface area (Å²) in [6.45, 7) is 3.28. The smallest absolute Gasteiger partial charge is 0.246 e. The van der Waals surface area contributed by atoms with Gasteiger partial charge in [-0.05, 0) is 55.8 Å². The SMILES string of the molecule is Cc1ccc(NC(C)C(=O)Nc2ccc(S(N)(=O)=O)cc2)cc1F. The minimum atomic E-state index is -3.77. The summed E-state index contributed by atoms with van der Waals surface area (Å²) in [5.74, 6) is -0.703. The molecule has 24 heavy (non-hydrogen) atoms. The van der Waals surface area contributed by atoms with Crippen molar-refractivity contribution in [3.8, 4) is 0 Å². The Bertz CT molecular complexity index is 851. The molecule has 1 unspecified atom stereocenters. The second-order valence-corrected chi connectivity index (χ2v) is 6.95. The predicted molar refractivity (Wildman–Crippen MR) is 90.7 cm³/mol. The molecule has 2 aromatic rings. The highest BCUT2D eigenvalue weighted by Crippen LogP contribution is 2.16. The molecule has 0 saturated heterocycles. The van der Waals surface area contributed by atoms with Crippen molar-refractivity contribution < 1.29 is 17.6 Å². The zero-order chi connectivity index (χ0) is 17.9. The summed E-state index contributed by atoms with van der Waals surface area (Å²) in [6.07, 6.45) is 0. The lowest BCUT2D eigenvalue weighted by atomic mass is 10.2. The molecule has 0 aliphatic heterocycles. The van der Waals surface area contributed by atoms with Crippen LogP contribution in [0.1, 0.15) is 12.5 Å². The van der Waals surface area contributed by atoms with E-state index >= 15 is 0 Å². The molecule has 0 aromatic heterocycles. The van der Waals surface area contributed by atoms with Crippen molar-refractivity contribution in [2.75, 3.05) is 10.6 Å². The number of nitrogens with one attached hydrogen (secondary N) is 2. The number of carbonyl (C=O) groups is 1. The van der Waals surface area contributed by atoms with Crippen LogP contribution in [-0.2, 0) is 14.8 Å². The second-order valence-electron chi connectivity index (χ2n) is 5.39. The first-order valence-corrected chi connectivity index (χ1v) is 8.68. The lowest BCUT2D eigenvalue weighted by Gasteiger charge is -2.16. The molecular weight excluding hydrogens is 333 g/mol. The third-order valence-corrected chi connectivity index (χ3v) is 4.33. The van der Waals surface area contributed by atoms with Crippen molar-refractivity contribution >= 4 is 27.3 Å². The van der Waals surface area contributed by atoms with E-state index in [0.717, 1.165) is 0 Å². The number of benzene rings is 2. The highest BCUT2D eigenvalue weighted by Gasteiger charge is 2.14. The fourth-order valence-electron chi connectivity index (χ4n) is 1.98. The van der Waals surface area contributed by atoms with Crippen molar-refractivity contribution in [1.82, 2.24) is 0 Å². The number of amides is 1. The quantitative estimate of drug-likeness (QED) is 0.769. The first-order chi connectivity index (χ1) is 11.2. The van der Waals surface area contributed by atoms with Crippen molar-refractivity contribution in [2.24, 2.45) is 5.14 Å². The summed E-state index contributed by atoms with van der Waals surface area (Å²) in [5.41, 5.74) is 1.44. The average molecular weight is 351 g/mol. The van der Waals surface area contributed by atoms with Gasteiger partial charge >= 0.3 is 0 Å². The van der Waals surface area contributed by atoms with Gasteiger partial charge in [-0.2, -0.15) is 0 Å². The van der Waals surface area contributed by atoms with Crippen molar-refractivity contribution in [3.63, 3.8) is 0 Å². The molecule has 4 N–H and O–H groups in total. The normalized spacial score (nSPS) is 12.5. The summed E-state index contributed by atoms with van der Waals surface area (Å²) >= 11 is 0. The molecule has 0 aliphatic rings. The lowest BCUT2D eigenvalue weighted by Crippen LogP contribution is -2.31. The lowest BCUT2D eigenvalue weighted by molar-refractivity contribution is -0.116. The number of sulfonamides is 1. The van der Waals surface area contributed by atoms with Crippen LogP contribution in [0.25, 0.3) is 0 Å². The van der Waals surface area contributed by atoms with Crippen molar-refractivity contribution in [1.29, 1.82) is 0 Å². The minimum absolute atomic E-state index is 0.0400. The molecule has 1 amide bonds. The topological polar surface area (TPSA) is 101 Å². The third-order valence-electron chi connectivity index (χ3n) is 3.40. The first kappa shape index (κ1) is 17.9. The second kappa shape index (κ2) is 6.98.